The van der Waals surface area contributed by atoms with Gasteiger partial charge in [0.25, 0.3) is 0 Å². The fraction of sp³-hybridized carbons (Fsp3) is 0.381. The number of allylic oxidation sites excluding steroid dienone is 1. The maximum absolute atomic E-state index is 13.1. The van der Waals surface area contributed by atoms with E-state index in [0.29, 0.717) is 19.5 Å². The van der Waals surface area contributed by atoms with Crippen LogP contribution in [0.3, 0.4) is 0 Å². The molecule has 2 atom stereocenters. The molecule has 1 aromatic carbocycles. The third-order valence-corrected chi connectivity index (χ3v) is 5.42. The van der Waals surface area contributed by atoms with E-state index in [9.17, 15) is 14.9 Å². The van der Waals surface area contributed by atoms with E-state index in [1.54, 1.807) is 17.9 Å². The largest absolute Gasteiger partial charge is 0.338 e. The van der Waals surface area contributed by atoms with Crippen LogP contribution in [-0.4, -0.2) is 29.7 Å². The number of nitriles is 1. The van der Waals surface area contributed by atoms with E-state index in [4.69, 9.17) is 0 Å². The maximum atomic E-state index is 13.1. The number of fused-ring (bicyclic) bond motifs is 1. The second kappa shape index (κ2) is 6.00. The quantitative estimate of drug-likeness (QED) is 0.781. The first-order valence-electron chi connectivity index (χ1n) is 8.48. The molecule has 1 amide bonds. The van der Waals surface area contributed by atoms with E-state index in [1.165, 1.54) is 0 Å². The van der Waals surface area contributed by atoms with E-state index in [1.807, 2.05) is 50.3 Å². The lowest BCUT2D eigenvalue weighted by molar-refractivity contribution is -0.130. The van der Waals surface area contributed by atoms with E-state index in [0.717, 1.165) is 11.1 Å². The minimum absolute atomic E-state index is 0.00472. The standard InChI is InChI=1S/C21H22N2O2/c1-15(24)23-10-9-18-20(2,14-23)12-17(13-22)19(25)21(18,3)11-16-7-5-4-6-8-16/h4-9,12H,10-11,14H2,1-3H3/t20-,21+/m0/s1. The summed E-state index contributed by atoms with van der Waals surface area (Å²) >= 11 is 0. The van der Waals surface area contributed by atoms with Crippen LogP contribution in [0.2, 0.25) is 0 Å². The number of carbonyl (C=O) groups is 2. The normalized spacial score (nSPS) is 28.6. The molecule has 4 heteroatoms. The van der Waals surface area contributed by atoms with Crippen molar-refractivity contribution >= 4 is 11.7 Å². The lowest BCUT2D eigenvalue weighted by Crippen LogP contribution is -2.51. The third-order valence-electron chi connectivity index (χ3n) is 5.42. The maximum Gasteiger partial charge on any atom is 0.219 e. The zero-order valence-electron chi connectivity index (χ0n) is 14.9. The molecule has 0 radical (unpaired) electrons. The fourth-order valence-electron chi connectivity index (χ4n) is 4.27. The van der Waals surface area contributed by atoms with E-state index < -0.39 is 10.8 Å². The number of hydrogen-bond donors (Lipinski definition) is 0. The SMILES string of the molecule is CC(=O)N1CC=C2[C@@](C)(Cc3ccccc3)C(=O)C(C#N)=C[C@@]2(C)C1. The van der Waals surface area contributed by atoms with Crippen LogP contribution in [0.1, 0.15) is 26.3 Å². The molecular weight excluding hydrogens is 312 g/mol. The summed E-state index contributed by atoms with van der Waals surface area (Å²) in [6.45, 7) is 6.50. The molecule has 0 spiro atoms. The highest BCUT2D eigenvalue weighted by atomic mass is 16.2. The van der Waals surface area contributed by atoms with Gasteiger partial charge >= 0.3 is 0 Å². The Hall–Kier alpha value is -2.67. The first-order chi connectivity index (χ1) is 11.8. The van der Waals surface area contributed by atoms with Gasteiger partial charge in [0.2, 0.25) is 5.91 Å². The van der Waals surface area contributed by atoms with Crippen LogP contribution >= 0.6 is 0 Å². The van der Waals surface area contributed by atoms with E-state index in [-0.39, 0.29) is 17.3 Å². The highest BCUT2D eigenvalue weighted by Crippen LogP contribution is 2.51. The topological polar surface area (TPSA) is 61.2 Å². The van der Waals surface area contributed by atoms with Crippen molar-refractivity contribution in [3.05, 3.63) is 59.2 Å². The summed E-state index contributed by atoms with van der Waals surface area (Å²) in [6, 6.07) is 12.0. The fourth-order valence-corrected chi connectivity index (χ4v) is 4.27. The van der Waals surface area contributed by atoms with Crippen molar-refractivity contribution in [2.75, 3.05) is 13.1 Å². The molecule has 3 rings (SSSR count). The molecule has 1 aliphatic heterocycles. The van der Waals surface area contributed by atoms with Crippen LogP contribution < -0.4 is 0 Å². The molecule has 0 N–H and O–H groups in total. The van der Waals surface area contributed by atoms with Gasteiger partial charge in [-0.05, 0) is 24.5 Å². The molecule has 128 valence electrons. The lowest BCUT2D eigenvalue weighted by atomic mass is 9.57. The van der Waals surface area contributed by atoms with Crippen LogP contribution in [0.5, 0.6) is 0 Å². The molecule has 0 saturated carbocycles. The van der Waals surface area contributed by atoms with Gasteiger partial charge in [0, 0.05) is 25.4 Å². The van der Waals surface area contributed by atoms with Crippen LogP contribution in [-0.2, 0) is 16.0 Å². The molecular formula is C21H22N2O2. The molecule has 1 aromatic rings. The molecule has 1 heterocycles. The first kappa shape index (κ1) is 17.2. The van der Waals surface area contributed by atoms with Gasteiger partial charge in [0.05, 0.1) is 11.0 Å². The van der Waals surface area contributed by atoms with E-state index in [2.05, 4.69) is 6.07 Å². The molecule has 0 unspecified atom stereocenters. The Morgan fingerprint density at radius 1 is 1.28 bits per heavy atom. The number of amides is 1. The van der Waals surface area contributed by atoms with Crippen LogP contribution in [0.25, 0.3) is 0 Å². The van der Waals surface area contributed by atoms with Gasteiger partial charge in [0.1, 0.15) is 6.07 Å². The minimum atomic E-state index is -0.765. The average molecular weight is 334 g/mol. The molecule has 0 aromatic heterocycles. The van der Waals surface area contributed by atoms with Crippen molar-refractivity contribution in [1.29, 1.82) is 5.26 Å². The molecule has 2 aliphatic rings. The average Bonchev–Trinajstić information content (AvgIpc) is 2.58. The summed E-state index contributed by atoms with van der Waals surface area (Å²) in [5.41, 5.74) is 1.02. The van der Waals surface area contributed by atoms with Gasteiger partial charge in [-0.15, -0.1) is 0 Å². The van der Waals surface area contributed by atoms with Gasteiger partial charge < -0.3 is 4.90 Å². The number of benzene rings is 1. The highest BCUT2D eigenvalue weighted by Gasteiger charge is 2.51. The molecule has 0 fully saturated rings. The molecule has 4 nitrogen and oxygen atoms in total. The first-order valence-corrected chi connectivity index (χ1v) is 8.48. The number of Topliss-reactive ketones (excluding diaryl/α,β-unsaturated/α-hetero) is 1. The van der Waals surface area contributed by atoms with Crippen molar-refractivity contribution in [1.82, 2.24) is 4.90 Å². The number of hydrogen-bond acceptors (Lipinski definition) is 3. The monoisotopic (exact) mass is 334 g/mol. The lowest BCUT2D eigenvalue weighted by Gasteiger charge is -2.48. The molecule has 25 heavy (non-hydrogen) atoms. The van der Waals surface area contributed by atoms with Crippen molar-refractivity contribution in [3.63, 3.8) is 0 Å². The smallest absolute Gasteiger partial charge is 0.219 e. The molecule has 0 bridgehead atoms. The van der Waals surface area contributed by atoms with Crippen LogP contribution in [0, 0.1) is 22.2 Å². The Balaban J connectivity index is 2.11. The summed E-state index contributed by atoms with van der Waals surface area (Å²) < 4.78 is 0. The van der Waals surface area contributed by atoms with Gasteiger partial charge in [-0.1, -0.05) is 49.4 Å². The number of carbonyl (C=O) groups excluding carboxylic acids is 2. The van der Waals surface area contributed by atoms with Gasteiger partial charge in [-0.25, -0.2) is 0 Å². The van der Waals surface area contributed by atoms with Crippen molar-refractivity contribution in [2.45, 2.75) is 27.2 Å². The van der Waals surface area contributed by atoms with Gasteiger partial charge in [0.15, 0.2) is 5.78 Å². The van der Waals surface area contributed by atoms with Gasteiger partial charge in [-0.3, -0.25) is 9.59 Å². The minimum Gasteiger partial charge on any atom is -0.338 e. The Bertz CT molecular complexity index is 831. The molecule has 1 aliphatic carbocycles. The Labute approximate surface area is 148 Å². The Morgan fingerprint density at radius 2 is 1.96 bits per heavy atom. The van der Waals surface area contributed by atoms with Crippen molar-refractivity contribution in [2.24, 2.45) is 10.8 Å². The highest BCUT2D eigenvalue weighted by molar-refractivity contribution is 6.06. The number of nitrogens with zero attached hydrogens (tertiary/aromatic N) is 2. The van der Waals surface area contributed by atoms with Crippen molar-refractivity contribution in [3.8, 4) is 6.07 Å². The second-order valence-electron chi connectivity index (χ2n) is 7.43. The number of ketones is 1. The molecule has 0 saturated heterocycles. The summed E-state index contributed by atoms with van der Waals surface area (Å²) in [7, 11) is 0. The predicted octanol–water partition coefficient (Wildman–Crippen LogP) is 3.06. The summed E-state index contributed by atoms with van der Waals surface area (Å²) in [5, 5.41) is 9.50. The van der Waals surface area contributed by atoms with Crippen LogP contribution in [0.4, 0.5) is 0 Å². The van der Waals surface area contributed by atoms with Crippen molar-refractivity contribution < 1.29 is 9.59 Å². The zero-order valence-corrected chi connectivity index (χ0v) is 14.9. The second-order valence-corrected chi connectivity index (χ2v) is 7.43. The zero-order chi connectivity index (χ0) is 18.2. The van der Waals surface area contributed by atoms with Gasteiger partial charge in [-0.2, -0.15) is 5.26 Å². The van der Waals surface area contributed by atoms with E-state index >= 15 is 0 Å². The number of rotatable bonds is 2. The summed E-state index contributed by atoms with van der Waals surface area (Å²) in [4.78, 5) is 26.7. The summed E-state index contributed by atoms with van der Waals surface area (Å²) in [6.07, 6.45) is 4.31. The van der Waals surface area contributed by atoms with Crippen LogP contribution in [0.15, 0.2) is 53.6 Å². The third kappa shape index (κ3) is 2.80. The Morgan fingerprint density at radius 3 is 2.56 bits per heavy atom. The predicted molar refractivity (Wildman–Crippen MR) is 95.4 cm³/mol. The Kier molecular flexibility index (Phi) is 4.12. The summed E-state index contributed by atoms with van der Waals surface area (Å²) in [5.74, 6) is -0.121.